The molecule has 7 nitrogen and oxygen atoms in total. The highest BCUT2D eigenvalue weighted by Gasteiger charge is 2.75. The maximum absolute atomic E-state index is 13.0. The molecule has 3 fully saturated rings. The molecule has 7 heteroatoms. The normalized spacial score (nSPS) is 38.6. The summed E-state index contributed by atoms with van der Waals surface area (Å²) in [6.07, 6.45) is -0.514. The van der Waals surface area contributed by atoms with Crippen LogP contribution in [0.2, 0.25) is 0 Å². The Kier molecular flexibility index (Phi) is 2.94. The number of amides is 2. The number of imide groups is 1. The Bertz CT molecular complexity index is 914. The third-order valence-corrected chi connectivity index (χ3v) is 5.80. The second-order valence-corrected chi connectivity index (χ2v) is 7.24. The standard InChI is InChI=1S/C18H15N3O4/c1-17-6-12(22)18(2,25-17)14-13(17)15(23)21(16(14)24)11-4-3-9(7-19)10(5-11)8-20/h3-5,12-14,22H,6H2,1-2H3/t12-,13+,14-,17?,18?/m0/s1. The summed E-state index contributed by atoms with van der Waals surface area (Å²) in [6.45, 7) is 3.42. The minimum absolute atomic E-state index is 0.106. The Balaban J connectivity index is 1.81. The molecule has 0 aromatic heterocycles. The molecule has 0 saturated carbocycles. The molecule has 3 saturated heterocycles. The molecule has 25 heavy (non-hydrogen) atoms. The van der Waals surface area contributed by atoms with Gasteiger partial charge in [0.1, 0.15) is 17.7 Å². The Morgan fingerprint density at radius 3 is 2.44 bits per heavy atom. The molecule has 2 unspecified atom stereocenters. The number of rotatable bonds is 1. The maximum atomic E-state index is 13.0. The second kappa shape index (κ2) is 4.66. The van der Waals surface area contributed by atoms with Gasteiger partial charge >= 0.3 is 0 Å². The molecule has 5 atom stereocenters. The van der Waals surface area contributed by atoms with E-state index >= 15 is 0 Å². The minimum Gasteiger partial charge on any atom is -0.390 e. The van der Waals surface area contributed by atoms with Gasteiger partial charge in [-0.3, -0.25) is 9.59 Å². The van der Waals surface area contributed by atoms with Crippen molar-refractivity contribution in [2.75, 3.05) is 4.90 Å². The van der Waals surface area contributed by atoms with Crippen LogP contribution in [0.5, 0.6) is 0 Å². The van der Waals surface area contributed by atoms with Crippen molar-refractivity contribution in [1.29, 1.82) is 10.5 Å². The zero-order valence-corrected chi connectivity index (χ0v) is 13.7. The summed E-state index contributed by atoms with van der Waals surface area (Å²) in [5, 5.41) is 28.5. The minimum atomic E-state index is -1.09. The smallest absolute Gasteiger partial charge is 0.240 e. The molecular formula is C18H15N3O4. The number of hydrogen-bond acceptors (Lipinski definition) is 6. The highest BCUT2D eigenvalue weighted by atomic mass is 16.6. The summed E-state index contributed by atoms with van der Waals surface area (Å²) in [4.78, 5) is 27.1. The average Bonchev–Trinajstić information content (AvgIpc) is 3.08. The van der Waals surface area contributed by atoms with Crippen LogP contribution in [0.4, 0.5) is 5.69 Å². The van der Waals surface area contributed by atoms with E-state index in [1.807, 2.05) is 12.1 Å². The van der Waals surface area contributed by atoms with Crippen molar-refractivity contribution in [3.8, 4) is 12.1 Å². The zero-order chi connectivity index (χ0) is 18.1. The second-order valence-electron chi connectivity index (χ2n) is 7.24. The van der Waals surface area contributed by atoms with Crippen LogP contribution in [0.1, 0.15) is 31.4 Å². The lowest BCUT2D eigenvalue weighted by molar-refractivity contribution is -0.132. The van der Waals surface area contributed by atoms with Crippen LogP contribution in [0.25, 0.3) is 0 Å². The molecule has 1 aromatic carbocycles. The van der Waals surface area contributed by atoms with Crippen molar-refractivity contribution in [2.24, 2.45) is 11.8 Å². The van der Waals surface area contributed by atoms with E-state index in [2.05, 4.69) is 0 Å². The molecule has 3 heterocycles. The van der Waals surface area contributed by atoms with Crippen LogP contribution in [0, 0.1) is 34.5 Å². The highest BCUT2D eigenvalue weighted by molar-refractivity contribution is 6.23. The van der Waals surface area contributed by atoms with E-state index in [0.29, 0.717) is 6.42 Å². The molecule has 0 aliphatic carbocycles. The van der Waals surface area contributed by atoms with Gasteiger partial charge in [0.15, 0.2) is 0 Å². The lowest BCUT2D eigenvalue weighted by Gasteiger charge is -2.31. The van der Waals surface area contributed by atoms with Gasteiger partial charge in [-0.25, -0.2) is 4.90 Å². The number of fused-ring (bicyclic) bond motifs is 5. The first kappa shape index (κ1) is 15.8. The molecule has 2 amide bonds. The summed E-state index contributed by atoms with van der Waals surface area (Å²) in [6, 6.07) is 8.09. The number of aliphatic hydroxyl groups excluding tert-OH is 1. The van der Waals surface area contributed by atoms with Crippen LogP contribution in [-0.4, -0.2) is 34.2 Å². The molecule has 0 radical (unpaired) electrons. The summed E-state index contributed by atoms with van der Waals surface area (Å²) in [5.74, 6) is -2.24. The average molecular weight is 337 g/mol. The number of aliphatic hydroxyl groups is 1. The molecular weight excluding hydrogens is 322 g/mol. The van der Waals surface area contributed by atoms with Gasteiger partial charge in [0.2, 0.25) is 11.8 Å². The van der Waals surface area contributed by atoms with Gasteiger partial charge in [0.25, 0.3) is 0 Å². The lowest BCUT2D eigenvalue weighted by Crippen LogP contribution is -2.49. The quantitative estimate of drug-likeness (QED) is 0.760. The van der Waals surface area contributed by atoms with E-state index < -0.39 is 35.0 Å². The van der Waals surface area contributed by atoms with E-state index in [-0.39, 0.29) is 22.7 Å². The third kappa shape index (κ3) is 1.74. The van der Waals surface area contributed by atoms with Gasteiger partial charge in [-0.1, -0.05) is 0 Å². The number of hydrogen-bond donors (Lipinski definition) is 1. The van der Waals surface area contributed by atoms with Crippen LogP contribution < -0.4 is 4.90 Å². The number of benzene rings is 1. The first-order valence-corrected chi connectivity index (χ1v) is 7.97. The van der Waals surface area contributed by atoms with Crippen LogP contribution in [0.15, 0.2) is 18.2 Å². The molecule has 1 aromatic rings. The van der Waals surface area contributed by atoms with Crippen molar-refractivity contribution >= 4 is 17.5 Å². The Morgan fingerprint density at radius 1 is 1.16 bits per heavy atom. The number of ether oxygens (including phenoxy) is 1. The summed E-state index contributed by atoms with van der Waals surface area (Å²) >= 11 is 0. The first-order valence-electron chi connectivity index (χ1n) is 7.97. The summed E-state index contributed by atoms with van der Waals surface area (Å²) in [5.41, 5.74) is -1.42. The first-order chi connectivity index (χ1) is 11.8. The molecule has 3 aliphatic rings. The van der Waals surface area contributed by atoms with E-state index in [4.69, 9.17) is 10.00 Å². The Hall–Kier alpha value is -2.74. The van der Waals surface area contributed by atoms with Crippen LogP contribution in [-0.2, 0) is 14.3 Å². The predicted octanol–water partition coefficient (Wildman–Crippen LogP) is 0.848. The highest BCUT2D eigenvalue weighted by Crippen LogP contribution is 2.60. The fourth-order valence-electron chi connectivity index (χ4n) is 4.64. The molecule has 1 N–H and O–H groups in total. The Labute approximate surface area is 144 Å². The fraction of sp³-hybridized carbons (Fsp3) is 0.444. The van der Waals surface area contributed by atoms with Gasteiger partial charge in [0, 0.05) is 6.42 Å². The number of carbonyl (C=O) groups is 2. The molecule has 2 bridgehead atoms. The Morgan fingerprint density at radius 2 is 1.80 bits per heavy atom. The van der Waals surface area contributed by atoms with Gasteiger partial charge in [0.05, 0.1) is 40.4 Å². The van der Waals surface area contributed by atoms with Crippen LogP contribution >= 0.6 is 0 Å². The molecule has 126 valence electrons. The number of nitriles is 2. The fourth-order valence-corrected chi connectivity index (χ4v) is 4.64. The summed E-state index contributed by atoms with van der Waals surface area (Å²) in [7, 11) is 0. The van der Waals surface area contributed by atoms with Gasteiger partial charge in [-0.15, -0.1) is 0 Å². The topological polar surface area (TPSA) is 114 Å². The molecule has 0 spiro atoms. The number of nitrogens with zero attached hydrogens (tertiary/aromatic N) is 3. The third-order valence-electron chi connectivity index (χ3n) is 5.80. The van der Waals surface area contributed by atoms with E-state index in [9.17, 15) is 20.0 Å². The maximum Gasteiger partial charge on any atom is 0.240 e. The van der Waals surface area contributed by atoms with E-state index in [0.717, 1.165) is 4.90 Å². The van der Waals surface area contributed by atoms with Crippen LogP contribution in [0.3, 0.4) is 0 Å². The largest absolute Gasteiger partial charge is 0.390 e. The number of anilines is 1. The van der Waals surface area contributed by atoms with Crippen molar-refractivity contribution in [3.05, 3.63) is 29.3 Å². The number of carbonyl (C=O) groups excluding carboxylic acids is 2. The van der Waals surface area contributed by atoms with Crippen molar-refractivity contribution in [2.45, 2.75) is 37.6 Å². The lowest BCUT2D eigenvalue weighted by atomic mass is 9.67. The summed E-state index contributed by atoms with van der Waals surface area (Å²) < 4.78 is 5.92. The monoisotopic (exact) mass is 337 g/mol. The van der Waals surface area contributed by atoms with Gasteiger partial charge in [-0.2, -0.15) is 10.5 Å². The van der Waals surface area contributed by atoms with Crippen molar-refractivity contribution in [1.82, 2.24) is 0 Å². The van der Waals surface area contributed by atoms with E-state index in [1.165, 1.54) is 18.2 Å². The molecule has 3 aliphatic heterocycles. The molecule has 4 rings (SSSR count). The SMILES string of the molecule is CC12C[C@H](O)C(C)(O1)[C@@H]1C(=O)N(c3ccc(C#N)c(C#N)c3)C(=O)[C@@H]12. The predicted molar refractivity (Wildman–Crippen MR) is 83.9 cm³/mol. The van der Waals surface area contributed by atoms with Gasteiger partial charge < -0.3 is 9.84 Å². The van der Waals surface area contributed by atoms with E-state index in [1.54, 1.807) is 13.8 Å². The van der Waals surface area contributed by atoms with Crippen molar-refractivity contribution < 1.29 is 19.4 Å². The zero-order valence-electron chi connectivity index (χ0n) is 13.7. The van der Waals surface area contributed by atoms with Gasteiger partial charge in [-0.05, 0) is 32.0 Å². The van der Waals surface area contributed by atoms with Crippen molar-refractivity contribution in [3.63, 3.8) is 0 Å².